The minimum Gasteiger partial charge on any atom is -0.480 e. The first-order valence-corrected chi connectivity index (χ1v) is 7.90. The number of aliphatic carboxylic acids is 1. The lowest BCUT2D eigenvalue weighted by atomic mass is 10.1. The largest absolute Gasteiger partial charge is 0.480 e. The van der Waals surface area contributed by atoms with Gasteiger partial charge < -0.3 is 5.11 Å². The van der Waals surface area contributed by atoms with Crippen LogP contribution in [0.3, 0.4) is 0 Å². The topological polar surface area (TPSA) is 83.5 Å². The molecule has 1 aliphatic rings. The molecule has 1 fully saturated rings. The maximum atomic E-state index is 13.6. The van der Waals surface area contributed by atoms with Gasteiger partial charge in [0.2, 0.25) is 10.0 Å². The van der Waals surface area contributed by atoms with E-state index in [0.717, 1.165) is 6.07 Å². The van der Waals surface area contributed by atoms with Gasteiger partial charge in [0, 0.05) is 17.0 Å². The number of carboxylic acid groups (broad SMARTS) is 1. The Morgan fingerprint density at radius 1 is 1.50 bits per heavy atom. The van der Waals surface area contributed by atoms with Crippen LogP contribution in [0.15, 0.2) is 18.2 Å². The van der Waals surface area contributed by atoms with Crippen molar-refractivity contribution in [2.75, 3.05) is 0 Å². The number of sulfonamides is 1. The van der Waals surface area contributed by atoms with Crippen LogP contribution < -0.4 is 4.72 Å². The van der Waals surface area contributed by atoms with Crippen molar-refractivity contribution in [2.24, 2.45) is 0 Å². The van der Waals surface area contributed by atoms with Gasteiger partial charge in [0.25, 0.3) is 0 Å². The summed E-state index contributed by atoms with van der Waals surface area (Å²) in [5, 5.41) is 8.62. The van der Waals surface area contributed by atoms with Gasteiger partial charge >= 0.3 is 5.97 Å². The van der Waals surface area contributed by atoms with Crippen molar-refractivity contribution >= 4 is 27.6 Å². The van der Waals surface area contributed by atoms with Gasteiger partial charge in [-0.2, -0.15) is 0 Å². The third-order valence-electron chi connectivity index (χ3n) is 3.04. The molecule has 1 unspecified atom stereocenters. The molecule has 0 spiro atoms. The molecule has 0 heterocycles. The molecule has 1 atom stereocenters. The summed E-state index contributed by atoms with van der Waals surface area (Å²) in [5.74, 6) is -2.03. The fourth-order valence-corrected chi connectivity index (χ4v) is 3.55. The third kappa shape index (κ3) is 3.47. The van der Waals surface area contributed by atoms with Crippen molar-refractivity contribution in [2.45, 2.75) is 30.6 Å². The van der Waals surface area contributed by atoms with E-state index in [1.54, 1.807) is 0 Å². The lowest BCUT2D eigenvalue weighted by Gasteiger charge is -2.15. The van der Waals surface area contributed by atoms with Gasteiger partial charge in [-0.1, -0.05) is 17.7 Å². The van der Waals surface area contributed by atoms with Gasteiger partial charge in [-0.15, -0.1) is 0 Å². The van der Waals surface area contributed by atoms with Crippen LogP contribution in [0.25, 0.3) is 0 Å². The van der Waals surface area contributed by atoms with Crippen molar-refractivity contribution in [3.63, 3.8) is 0 Å². The number of hydrogen-bond acceptors (Lipinski definition) is 3. The molecule has 2 rings (SSSR count). The van der Waals surface area contributed by atoms with Crippen LogP contribution in [0.4, 0.5) is 4.39 Å². The Hall–Kier alpha value is -1.18. The molecular formula is C12H13ClFNO4S. The molecule has 0 aliphatic heterocycles. The number of carbonyl (C=O) groups is 1. The molecule has 8 heteroatoms. The second-order valence-corrected chi connectivity index (χ2v) is 7.06. The van der Waals surface area contributed by atoms with Crippen LogP contribution >= 0.6 is 11.6 Å². The molecule has 5 nitrogen and oxygen atoms in total. The molecule has 0 aromatic heterocycles. The number of benzene rings is 1. The second-order valence-electron chi connectivity index (χ2n) is 4.66. The zero-order chi connectivity index (χ0) is 14.9. The third-order valence-corrected chi connectivity index (χ3v) is 5.35. The summed E-state index contributed by atoms with van der Waals surface area (Å²) in [6, 6.07) is 2.53. The summed E-state index contributed by atoms with van der Waals surface area (Å²) in [6.07, 6.45) is 0.692. The summed E-state index contributed by atoms with van der Waals surface area (Å²) in [7, 11) is -3.67. The van der Waals surface area contributed by atoms with E-state index in [9.17, 15) is 17.6 Å². The van der Waals surface area contributed by atoms with E-state index in [1.807, 2.05) is 0 Å². The molecule has 1 aliphatic carbocycles. The van der Waals surface area contributed by atoms with Crippen LogP contribution in [0.1, 0.15) is 18.4 Å². The lowest BCUT2D eigenvalue weighted by molar-refractivity contribution is -0.138. The minimum atomic E-state index is -3.67. The number of rotatable bonds is 6. The molecule has 2 N–H and O–H groups in total. The molecule has 110 valence electrons. The van der Waals surface area contributed by atoms with Crippen LogP contribution in [-0.2, 0) is 21.2 Å². The summed E-state index contributed by atoms with van der Waals surface area (Å²) in [4.78, 5) is 11.2. The first kappa shape index (κ1) is 15.2. The van der Waals surface area contributed by atoms with Crippen molar-refractivity contribution in [1.82, 2.24) is 4.72 Å². The van der Waals surface area contributed by atoms with E-state index in [1.165, 1.54) is 12.1 Å². The average Bonchev–Trinajstić information content (AvgIpc) is 3.16. The first-order chi connectivity index (χ1) is 9.31. The zero-order valence-electron chi connectivity index (χ0n) is 10.3. The van der Waals surface area contributed by atoms with Crippen LogP contribution in [-0.4, -0.2) is 30.8 Å². The summed E-state index contributed by atoms with van der Waals surface area (Å²) in [6.45, 7) is 0. The molecule has 1 saturated carbocycles. The van der Waals surface area contributed by atoms with Crippen LogP contribution in [0.5, 0.6) is 0 Å². The molecule has 0 amide bonds. The number of hydrogen-bond donors (Lipinski definition) is 2. The van der Waals surface area contributed by atoms with Crippen molar-refractivity contribution in [1.29, 1.82) is 0 Å². The van der Waals surface area contributed by atoms with Gasteiger partial charge in [-0.3, -0.25) is 4.79 Å². The zero-order valence-corrected chi connectivity index (χ0v) is 11.9. The summed E-state index contributed by atoms with van der Waals surface area (Å²) in [5.41, 5.74) is -0.0138. The van der Waals surface area contributed by atoms with Crippen LogP contribution in [0, 0.1) is 5.82 Å². The van der Waals surface area contributed by atoms with E-state index in [-0.39, 0.29) is 17.0 Å². The monoisotopic (exact) mass is 321 g/mol. The quantitative estimate of drug-likeness (QED) is 0.833. The second kappa shape index (κ2) is 5.67. The fraction of sp³-hybridized carbons (Fsp3) is 0.417. The Morgan fingerprint density at radius 3 is 2.65 bits per heavy atom. The maximum absolute atomic E-state index is 13.6. The Labute approximate surface area is 120 Å². The molecule has 0 radical (unpaired) electrons. The van der Waals surface area contributed by atoms with Crippen molar-refractivity contribution in [3.8, 4) is 0 Å². The predicted octanol–water partition coefficient (Wildman–Crippen LogP) is 1.56. The van der Waals surface area contributed by atoms with Gasteiger partial charge in [0.15, 0.2) is 0 Å². The number of carboxylic acids is 1. The predicted molar refractivity (Wildman–Crippen MR) is 71.6 cm³/mol. The molecule has 0 saturated heterocycles. The average molecular weight is 322 g/mol. The van der Waals surface area contributed by atoms with Crippen LogP contribution in [0.2, 0.25) is 5.02 Å². The van der Waals surface area contributed by atoms with E-state index in [2.05, 4.69) is 4.72 Å². The summed E-state index contributed by atoms with van der Waals surface area (Å²) < 4.78 is 39.3. The molecule has 0 bridgehead atoms. The van der Waals surface area contributed by atoms with E-state index < -0.39 is 33.1 Å². The maximum Gasteiger partial charge on any atom is 0.322 e. The highest BCUT2D eigenvalue weighted by molar-refractivity contribution is 7.90. The minimum absolute atomic E-state index is 0.0138. The Kier molecular flexibility index (Phi) is 4.31. The lowest BCUT2D eigenvalue weighted by Crippen LogP contribution is -2.43. The van der Waals surface area contributed by atoms with Gasteiger partial charge in [-0.05, 0) is 25.0 Å². The van der Waals surface area contributed by atoms with Gasteiger partial charge in [0.05, 0.1) is 5.25 Å². The highest BCUT2D eigenvalue weighted by Gasteiger charge is 2.38. The van der Waals surface area contributed by atoms with Crippen molar-refractivity contribution in [3.05, 3.63) is 34.6 Å². The summed E-state index contributed by atoms with van der Waals surface area (Å²) >= 11 is 5.81. The van der Waals surface area contributed by atoms with Crippen molar-refractivity contribution < 1.29 is 22.7 Å². The molecule has 1 aromatic rings. The molecular weight excluding hydrogens is 309 g/mol. The van der Waals surface area contributed by atoms with Gasteiger partial charge in [-0.25, -0.2) is 17.5 Å². The normalized spacial score (nSPS) is 16.9. The highest BCUT2D eigenvalue weighted by Crippen LogP contribution is 2.28. The number of nitrogens with one attached hydrogen (secondary N) is 1. The fourth-order valence-electron chi connectivity index (χ4n) is 1.78. The molecule has 20 heavy (non-hydrogen) atoms. The first-order valence-electron chi connectivity index (χ1n) is 5.98. The smallest absolute Gasteiger partial charge is 0.322 e. The van der Waals surface area contributed by atoms with E-state index in [4.69, 9.17) is 16.7 Å². The Bertz CT molecular complexity index is 610. The standard InChI is InChI=1S/C12H13ClFNO4S/c13-9-2-1-3-10(14)8(9)6-11(12(16)17)15-20(18,19)7-4-5-7/h1-3,7,11,15H,4-6H2,(H,16,17). The van der Waals surface area contributed by atoms with E-state index >= 15 is 0 Å². The Balaban J connectivity index is 2.20. The Morgan fingerprint density at radius 2 is 2.15 bits per heavy atom. The van der Waals surface area contributed by atoms with Gasteiger partial charge in [0.1, 0.15) is 11.9 Å². The number of halogens is 2. The molecule has 1 aromatic carbocycles. The SMILES string of the molecule is O=C(O)C(Cc1c(F)cccc1Cl)NS(=O)(=O)C1CC1. The van der Waals surface area contributed by atoms with E-state index in [0.29, 0.717) is 12.8 Å². The highest BCUT2D eigenvalue weighted by atomic mass is 35.5.